The van der Waals surface area contributed by atoms with E-state index in [0.29, 0.717) is 0 Å². The number of anilines is 1. The highest BCUT2D eigenvalue weighted by molar-refractivity contribution is 6.25. The molecule has 0 bridgehead atoms. The summed E-state index contributed by atoms with van der Waals surface area (Å²) in [5, 5.41) is 5.05. The zero-order valence-corrected chi connectivity index (χ0v) is 36.5. The van der Waals surface area contributed by atoms with Gasteiger partial charge in [-0.25, -0.2) is 9.97 Å². The Kier molecular flexibility index (Phi) is 9.29. The number of nitrogens with zero attached hydrogens (tertiary/aromatic N) is 4. The molecule has 1 aliphatic heterocycles. The first-order valence-electron chi connectivity index (χ1n) is 23.1. The maximum atomic E-state index is 5.30. The van der Waals surface area contributed by atoms with Crippen LogP contribution in [-0.2, 0) is 5.41 Å². The van der Waals surface area contributed by atoms with Crippen LogP contribution in [0.15, 0.2) is 205 Å². The molecule has 0 spiro atoms. The Balaban J connectivity index is 1.06. The zero-order chi connectivity index (χ0) is 42.8. The number of hydrogen-bond donors (Lipinski definition) is 0. The molecule has 0 saturated carbocycles. The summed E-state index contributed by atoms with van der Waals surface area (Å²) >= 11 is 0. The summed E-state index contributed by atoms with van der Waals surface area (Å²) < 4.78 is 2.50. The van der Waals surface area contributed by atoms with Gasteiger partial charge in [0.2, 0.25) is 0 Å². The maximum Gasteiger partial charge on any atom is 0.160 e. The van der Waals surface area contributed by atoms with Crippen molar-refractivity contribution in [3.8, 4) is 22.5 Å². The van der Waals surface area contributed by atoms with E-state index in [2.05, 4.69) is 211 Å². The second-order valence-electron chi connectivity index (χ2n) is 18.2. The minimum absolute atomic E-state index is 0.0683. The van der Waals surface area contributed by atoms with Gasteiger partial charge >= 0.3 is 0 Å². The summed E-state index contributed by atoms with van der Waals surface area (Å²) in [6, 6.07) is 40.3. The van der Waals surface area contributed by atoms with E-state index < -0.39 is 0 Å². The molecule has 0 amide bonds. The van der Waals surface area contributed by atoms with E-state index in [-0.39, 0.29) is 11.3 Å². The van der Waals surface area contributed by atoms with E-state index in [4.69, 9.17) is 9.97 Å². The highest BCUT2D eigenvalue weighted by atomic mass is 15.2. The van der Waals surface area contributed by atoms with Crippen LogP contribution >= 0.6 is 0 Å². The number of aromatic nitrogens is 3. The molecule has 64 heavy (non-hydrogen) atoms. The highest BCUT2D eigenvalue weighted by Gasteiger charge is 2.38. The van der Waals surface area contributed by atoms with Crippen LogP contribution in [0, 0.1) is 0 Å². The molecular formula is C60H50N4. The van der Waals surface area contributed by atoms with Gasteiger partial charge in [0.25, 0.3) is 0 Å². The van der Waals surface area contributed by atoms with Gasteiger partial charge in [0.05, 0.1) is 28.1 Å². The van der Waals surface area contributed by atoms with Crippen molar-refractivity contribution < 1.29 is 0 Å². The number of allylic oxidation sites excluding steroid dienone is 16. The minimum atomic E-state index is -0.172. The van der Waals surface area contributed by atoms with E-state index in [1.165, 1.54) is 77.5 Å². The van der Waals surface area contributed by atoms with Crippen LogP contribution in [0.3, 0.4) is 0 Å². The molecule has 3 heterocycles. The van der Waals surface area contributed by atoms with E-state index in [0.717, 1.165) is 67.0 Å². The third kappa shape index (κ3) is 6.34. The van der Waals surface area contributed by atoms with E-state index in [1.54, 1.807) is 0 Å². The first-order chi connectivity index (χ1) is 31.5. The Morgan fingerprint density at radius 3 is 2.28 bits per heavy atom. The second kappa shape index (κ2) is 15.5. The van der Waals surface area contributed by atoms with Crippen LogP contribution < -0.4 is 4.90 Å². The normalized spacial score (nSPS) is 18.9. The largest absolute Gasteiger partial charge is 0.310 e. The molecule has 4 aliphatic carbocycles. The fourth-order valence-electron chi connectivity index (χ4n) is 10.8. The number of hydrogen-bond acceptors (Lipinski definition) is 3. The fourth-order valence-corrected chi connectivity index (χ4v) is 10.8. The van der Waals surface area contributed by atoms with Crippen molar-refractivity contribution in [3.05, 3.63) is 222 Å². The van der Waals surface area contributed by atoms with Crippen LogP contribution in [-0.4, -0.2) is 14.5 Å². The lowest BCUT2D eigenvalue weighted by molar-refractivity contribution is 0.619. The molecule has 0 saturated heterocycles. The van der Waals surface area contributed by atoms with Crippen molar-refractivity contribution in [2.24, 2.45) is 0 Å². The molecule has 5 aromatic carbocycles. The molecule has 12 rings (SSSR count). The number of benzene rings is 5. The molecule has 7 aromatic rings. The number of fused-ring (bicyclic) bond motifs is 6. The average Bonchev–Trinajstić information content (AvgIpc) is 3.50. The summed E-state index contributed by atoms with van der Waals surface area (Å²) in [6.45, 7) is 4.78. The van der Waals surface area contributed by atoms with E-state index in [9.17, 15) is 0 Å². The van der Waals surface area contributed by atoms with Crippen LogP contribution in [0.1, 0.15) is 75.2 Å². The summed E-state index contributed by atoms with van der Waals surface area (Å²) in [7, 11) is 0. The van der Waals surface area contributed by atoms with Gasteiger partial charge in [0, 0.05) is 44.8 Å². The van der Waals surface area contributed by atoms with Crippen LogP contribution in [0.2, 0.25) is 0 Å². The Hall–Kier alpha value is -7.30. The van der Waals surface area contributed by atoms with Gasteiger partial charge in [-0.1, -0.05) is 160 Å². The average molecular weight is 827 g/mol. The monoisotopic (exact) mass is 826 g/mol. The zero-order valence-electron chi connectivity index (χ0n) is 36.5. The molecule has 4 heteroatoms. The van der Waals surface area contributed by atoms with Gasteiger partial charge in [-0.15, -0.1) is 0 Å². The van der Waals surface area contributed by atoms with Crippen molar-refractivity contribution in [2.75, 3.05) is 4.90 Å². The van der Waals surface area contributed by atoms with E-state index >= 15 is 0 Å². The Bertz CT molecular complexity index is 3350. The van der Waals surface area contributed by atoms with Crippen LogP contribution in [0.4, 0.5) is 5.69 Å². The van der Waals surface area contributed by atoms with Crippen molar-refractivity contribution >= 4 is 49.5 Å². The molecule has 0 radical (unpaired) electrons. The Morgan fingerprint density at radius 1 is 0.609 bits per heavy atom. The quantitative estimate of drug-likeness (QED) is 0.167. The van der Waals surface area contributed by atoms with Gasteiger partial charge in [0.15, 0.2) is 5.82 Å². The van der Waals surface area contributed by atoms with E-state index in [1.807, 2.05) is 0 Å². The first kappa shape index (κ1) is 38.4. The third-order valence-electron chi connectivity index (χ3n) is 13.9. The summed E-state index contributed by atoms with van der Waals surface area (Å²) in [6.07, 6.45) is 36.3. The molecule has 1 unspecified atom stereocenters. The van der Waals surface area contributed by atoms with Crippen molar-refractivity contribution in [2.45, 2.75) is 63.7 Å². The Labute approximate surface area is 375 Å². The molecule has 0 N–H and O–H groups in total. The molecule has 2 aromatic heterocycles. The van der Waals surface area contributed by atoms with Gasteiger partial charge in [0.1, 0.15) is 0 Å². The lowest BCUT2D eigenvalue weighted by Gasteiger charge is -2.43. The lowest BCUT2D eigenvalue weighted by Crippen LogP contribution is -2.35. The lowest BCUT2D eigenvalue weighted by atomic mass is 9.72. The molecule has 5 aliphatic rings. The number of rotatable bonds is 6. The minimum Gasteiger partial charge on any atom is -0.310 e. The standard InChI is InChI=1S/C60H50N4/c1-60(2)49-30-13-6-14-31-53(49)63(45-25-11-5-12-26-45)56-38-43(33-35-50(56)60)48-29-18-32-54-58(48)57-47-28-16-15-19-40(47)34-36-55(57)64(54)46-27-17-24-44(37-46)52-39-51(41-20-7-3-8-21-41)61-59(62-52)42-22-9-4-10-23-42/h4,7,9-11,13-23,25-39,44H,3,5-6,8,12,24H2,1-2H3. The SMILES string of the molecule is CC1(C)C2=C(C=CCC=C2)N(C2=CCCC=C2)c2cc(-c3cccc4c3c3c5ccccc5ccc3n4C3=CC(c4cc(C5=CCCC=C5)nc(-c5ccccc5)n4)CC=C3)ccc21. The fraction of sp³-hybridized carbons (Fsp3) is 0.167. The predicted octanol–water partition coefficient (Wildman–Crippen LogP) is 15.5. The van der Waals surface area contributed by atoms with Crippen LogP contribution in [0.25, 0.3) is 66.4 Å². The third-order valence-corrected chi connectivity index (χ3v) is 13.9. The van der Waals surface area contributed by atoms with Gasteiger partial charge in [-0.3, -0.25) is 0 Å². The topological polar surface area (TPSA) is 34.0 Å². The summed E-state index contributed by atoms with van der Waals surface area (Å²) in [5.74, 6) is 0.839. The highest BCUT2D eigenvalue weighted by Crippen LogP contribution is 2.51. The van der Waals surface area contributed by atoms with Crippen molar-refractivity contribution in [1.29, 1.82) is 0 Å². The molecule has 310 valence electrons. The predicted molar refractivity (Wildman–Crippen MR) is 269 cm³/mol. The van der Waals surface area contributed by atoms with Crippen molar-refractivity contribution in [1.82, 2.24) is 14.5 Å². The molecule has 4 nitrogen and oxygen atoms in total. The first-order valence-corrected chi connectivity index (χ1v) is 23.1. The smallest absolute Gasteiger partial charge is 0.160 e. The van der Waals surface area contributed by atoms with Crippen molar-refractivity contribution in [3.63, 3.8) is 0 Å². The maximum absolute atomic E-state index is 5.30. The molecule has 0 fully saturated rings. The van der Waals surface area contributed by atoms with Gasteiger partial charge < -0.3 is 9.47 Å². The summed E-state index contributed by atoms with van der Waals surface area (Å²) in [4.78, 5) is 13.0. The summed E-state index contributed by atoms with van der Waals surface area (Å²) in [5.41, 5.74) is 16.5. The van der Waals surface area contributed by atoms with Gasteiger partial charge in [-0.2, -0.15) is 0 Å². The Morgan fingerprint density at radius 2 is 1.42 bits per heavy atom. The van der Waals surface area contributed by atoms with Gasteiger partial charge in [-0.05, 0) is 120 Å². The second-order valence-corrected chi connectivity index (χ2v) is 18.2. The molecule has 1 atom stereocenters. The molecular weight excluding hydrogens is 777 g/mol. The van der Waals surface area contributed by atoms with Crippen LogP contribution in [0.5, 0.6) is 0 Å².